The maximum Gasteiger partial charge on any atom is 0.103 e. The Morgan fingerprint density at radius 2 is 1.88 bits per heavy atom. The number of fused-ring (bicyclic) bond motifs is 1. The van der Waals surface area contributed by atoms with Crippen molar-refractivity contribution in [3.63, 3.8) is 0 Å². The highest BCUT2D eigenvalue weighted by molar-refractivity contribution is 6.34. The van der Waals surface area contributed by atoms with Gasteiger partial charge in [0.1, 0.15) is 5.69 Å². The van der Waals surface area contributed by atoms with Gasteiger partial charge in [-0.2, -0.15) is 10.2 Å². The van der Waals surface area contributed by atoms with E-state index < -0.39 is 0 Å². The van der Waals surface area contributed by atoms with Crippen molar-refractivity contribution >= 4 is 28.2 Å². The summed E-state index contributed by atoms with van der Waals surface area (Å²) >= 11 is 6.72. The average molecular weight is 457 g/mol. The minimum atomic E-state index is 0.197. The quantitative estimate of drug-likeness (QED) is 0.588. The highest BCUT2D eigenvalue weighted by Gasteiger charge is 2.40. The highest BCUT2D eigenvalue weighted by atomic mass is 35.5. The first kappa shape index (κ1) is 20.5. The van der Waals surface area contributed by atoms with Crippen molar-refractivity contribution in [3.05, 3.63) is 35.7 Å². The molecule has 2 aliphatic heterocycles. The third-order valence-electron chi connectivity index (χ3n) is 7.46. The summed E-state index contributed by atoms with van der Waals surface area (Å²) in [5.41, 5.74) is 3.29. The lowest BCUT2D eigenvalue weighted by molar-refractivity contribution is -0.131. The van der Waals surface area contributed by atoms with Crippen LogP contribution in [0.5, 0.6) is 0 Å². The van der Waals surface area contributed by atoms with Gasteiger partial charge in [-0.15, -0.1) is 0 Å². The topological polar surface area (TPSA) is 60.6 Å². The van der Waals surface area contributed by atoms with E-state index in [0.29, 0.717) is 12.1 Å². The van der Waals surface area contributed by atoms with Gasteiger partial charge in [-0.05, 0) is 31.9 Å². The number of rotatable bonds is 5. The molecular weight excluding hydrogens is 428 g/mol. The minimum Gasteiger partial charge on any atom is -0.381 e. The molecule has 2 aromatic heterocycles. The second-order valence-corrected chi connectivity index (χ2v) is 9.95. The van der Waals surface area contributed by atoms with Gasteiger partial charge in [0.15, 0.2) is 0 Å². The van der Waals surface area contributed by atoms with E-state index in [9.17, 15) is 0 Å². The number of hydrogen-bond acceptors (Lipinski definition) is 6. The van der Waals surface area contributed by atoms with Crippen LogP contribution in [0, 0.1) is 0 Å². The summed E-state index contributed by atoms with van der Waals surface area (Å²) < 4.78 is 14.9. The lowest BCUT2D eigenvalue weighted by Crippen LogP contribution is -2.64. The number of piperazine rings is 1. The molecule has 4 heterocycles. The molecule has 8 nitrogen and oxygen atoms in total. The minimum absolute atomic E-state index is 0.197. The second-order valence-electron chi connectivity index (χ2n) is 9.54. The highest BCUT2D eigenvalue weighted by Crippen LogP contribution is 2.36. The zero-order valence-corrected chi connectivity index (χ0v) is 19.3. The molecule has 1 saturated carbocycles. The molecule has 3 aromatic rings. The van der Waals surface area contributed by atoms with Crippen LogP contribution in [0.2, 0.25) is 5.02 Å². The van der Waals surface area contributed by atoms with E-state index in [1.54, 1.807) is 7.11 Å². The van der Waals surface area contributed by atoms with Gasteiger partial charge in [0.25, 0.3) is 0 Å². The van der Waals surface area contributed by atoms with E-state index in [2.05, 4.69) is 39.2 Å². The molecule has 0 atom stereocenters. The molecule has 0 spiro atoms. The van der Waals surface area contributed by atoms with Gasteiger partial charge in [-0.25, -0.2) is 4.68 Å². The number of halogens is 1. The predicted molar refractivity (Wildman–Crippen MR) is 124 cm³/mol. The van der Waals surface area contributed by atoms with E-state index >= 15 is 0 Å². The zero-order chi connectivity index (χ0) is 21.9. The average Bonchev–Trinajstić information content (AvgIpc) is 3.37. The SMILES string of the molecule is CO[C@H]1C[C@@H](n2cc(-n3ncc4cc(Cl)c(N5CCN(C6(C)COC6)CC5)cc43)cn2)C1. The zero-order valence-electron chi connectivity index (χ0n) is 18.6. The van der Waals surface area contributed by atoms with E-state index in [1.807, 2.05) is 27.8 Å². The van der Waals surface area contributed by atoms with Crippen molar-refractivity contribution in [1.82, 2.24) is 24.5 Å². The molecule has 9 heteroatoms. The Morgan fingerprint density at radius 1 is 1.09 bits per heavy atom. The largest absolute Gasteiger partial charge is 0.381 e. The number of ether oxygens (including phenoxy) is 2. The smallest absolute Gasteiger partial charge is 0.103 e. The lowest BCUT2D eigenvalue weighted by Gasteiger charge is -2.50. The molecule has 0 unspecified atom stereocenters. The third kappa shape index (κ3) is 3.32. The van der Waals surface area contributed by atoms with Crippen LogP contribution in [-0.2, 0) is 9.47 Å². The van der Waals surface area contributed by atoms with Gasteiger partial charge in [-0.1, -0.05) is 11.6 Å². The number of benzene rings is 1. The first-order valence-corrected chi connectivity index (χ1v) is 11.7. The molecule has 1 aliphatic carbocycles. The molecule has 32 heavy (non-hydrogen) atoms. The summed E-state index contributed by atoms with van der Waals surface area (Å²) in [7, 11) is 1.77. The first-order valence-electron chi connectivity index (χ1n) is 11.4. The van der Waals surface area contributed by atoms with Gasteiger partial charge in [0.2, 0.25) is 0 Å². The molecule has 3 aliphatic rings. The van der Waals surface area contributed by atoms with Crippen LogP contribution in [0.1, 0.15) is 25.8 Å². The summed E-state index contributed by atoms with van der Waals surface area (Å²) in [6, 6.07) is 4.61. The van der Waals surface area contributed by atoms with Crippen molar-refractivity contribution in [1.29, 1.82) is 0 Å². The number of nitrogens with zero attached hydrogens (tertiary/aromatic N) is 6. The van der Waals surface area contributed by atoms with Crippen molar-refractivity contribution in [2.24, 2.45) is 0 Å². The Kier molecular flexibility index (Phi) is 4.94. The van der Waals surface area contributed by atoms with E-state index in [-0.39, 0.29) is 5.54 Å². The number of anilines is 1. The summed E-state index contributed by atoms with van der Waals surface area (Å²) in [6.45, 7) is 7.90. The third-order valence-corrected chi connectivity index (χ3v) is 7.76. The molecule has 170 valence electrons. The molecule has 0 radical (unpaired) electrons. The molecule has 3 fully saturated rings. The number of hydrogen-bond donors (Lipinski definition) is 0. The van der Waals surface area contributed by atoms with Gasteiger partial charge >= 0.3 is 0 Å². The van der Waals surface area contributed by atoms with E-state index in [4.69, 9.17) is 21.1 Å². The Labute approximate surface area is 192 Å². The maximum absolute atomic E-state index is 6.72. The lowest BCUT2D eigenvalue weighted by atomic mass is 9.89. The Hall–Kier alpha value is -2.13. The van der Waals surface area contributed by atoms with Crippen molar-refractivity contribution in [2.75, 3.05) is 51.4 Å². The molecule has 6 rings (SSSR count). The normalized spacial score (nSPS) is 25.7. The molecule has 0 N–H and O–H groups in total. The number of aromatic nitrogens is 4. The van der Waals surface area contributed by atoms with Crippen molar-refractivity contribution in [3.8, 4) is 5.69 Å². The van der Waals surface area contributed by atoms with Crippen LogP contribution in [-0.4, -0.2) is 82.6 Å². The maximum atomic E-state index is 6.72. The Balaban J connectivity index is 1.24. The predicted octanol–water partition coefficient (Wildman–Crippen LogP) is 3.14. The Bertz CT molecular complexity index is 1120. The van der Waals surface area contributed by atoms with Crippen LogP contribution in [0.25, 0.3) is 16.6 Å². The Morgan fingerprint density at radius 3 is 2.56 bits per heavy atom. The fourth-order valence-corrected chi connectivity index (χ4v) is 5.43. The van der Waals surface area contributed by atoms with E-state index in [0.717, 1.165) is 79.5 Å². The summed E-state index contributed by atoms with van der Waals surface area (Å²) in [5, 5.41) is 11.0. The van der Waals surface area contributed by atoms with Crippen LogP contribution in [0.3, 0.4) is 0 Å². The molecular formula is C23H29ClN6O2. The van der Waals surface area contributed by atoms with Gasteiger partial charge in [0.05, 0.1) is 65.7 Å². The summed E-state index contributed by atoms with van der Waals surface area (Å²) in [5.74, 6) is 0. The van der Waals surface area contributed by atoms with E-state index in [1.165, 1.54) is 0 Å². The second kappa shape index (κ2) is 7.73. The molecule has 2 saturated heterocycles. The summed E-state index contributed by atoms with van der Waals surface area (Å²) in [4.78, 5) is 4.94. The fourth-order valence-electron chi connectivity index (χ4n) is 5.13. The standard InChI is InChI=1S/C23H29ClN6O2/c1-23(14-32-15-23)28-5-3-27(4-6-28)22-10-21-16(7-20(22)24)11-26-30(21)18-12-25-29(13-18)17-8-19(9-17)31-2/h7,10-13,17,19H,3-6,8-9,14-15H2,1-2H3/t17-,19+. The van der Waals surface area contributed by atoms with Crippen molar-refractivity contribution < 1.29 is 9.47 Å². The van der Waals surface area contributed by atoms with Crippen LogP contribution in [0.15, 0.2) is 30.7 Å². The van der Waals surface area contributed by atoms with Crippen molar-refractivity contribution in [2.45, 2.75) is 37.5 Å². The summed E-state index contributed by atoms with van der Waals surface area (Å²) in [6.07, 6.45) is 8.21. The molecule has 1 aromatic carbocycles. The molecule has 0 amide bonds. The monoisotopic (exact) mass is 456 g/mol. The van der Waals surface area contributed by atoms with Gasteiger partial charge in [0, 0.05) is 38.7 Å². The number of methoxy groups -OCH3 is 1. The van der Waals surface area contributed by atoms with Gasteiger partial charge in [-0.3, -0.25) is 9.58 Å². The van der Waals surface area contributed by atoms with Crippen LogP contribution >= 0.6 is 11.6 Å². The van der Waals surface area contributed by atoms with Gasteiger partial charge < -0.3 is 14.4 Å². The first-order chi connectivity index (χ1) is 15.5. The molecule has 0 bridgehead atoms. The van der Waals surface area contributed by atoms with Crippen LogP contribution < -0.4 is 4.90 Å². The fraction of sp³-hybridized carbons (Fsp3) is 0.565. The van der Waals surface area contributed by atoms with Crippen LogP contribution in [0.4, 0.5) is 5.69 Å².